The Balaban J connectivity index is 2.81. The molecule has 1 nitrogen and oxygen atoms in total. The van der Waals surface area contributed by atoms with Gasteiger partial charge in [-0.15, -0.1) is 11.8 Å². The first-order valence-electron chi connectivity index (χ1n) is 3.85. The molecule has 0 radical (unpaired) electrons. The molecule has 0 saturated carbocycles. The highest BCUT2D eigenvalue weighted by molar-refractivity contribution is 8.00. The Bertz CT molecular complexity index is 278. The summed E-state index contributed by atoms with van der Waals surface area (Å²) in [6.07, 6.45) is 0. The Labute approximate surface area is 93.2 Å². The van der Waals surface area contributed by atoms with Gasteiger partial charge in [0, 0.05) is 10.8 Å². The van der Waals surface area contributed by atoms with Crippen molar-refractivity contribution in [1.82, 2.24) is 0 Å². The Morgan fingerprint density at radius 1 is 1.54 bits per heavy atom. The van der Waals surface area contributed by atoms with Gasteiger partial charge in [0.25, 0.3) is 0 Å². The third kappa shape index (κ3) is 3.33. The van der Waals surface area contributed by atoms with Crippen LogP contribution >= 0.6 is 36.0 Å². The molecule has 0 amide bonds. The van der Waals surface area contributed by atoms with E-state index in [1.807, 2.05) is 18.2 Å². The maximum atomic E-state index is 5.86. The second-order valence-corrected chi connectivity index (χ2v) is 4.39. The Morgan fingerprint density at radius 2 is 2.31 bits per heavy atom. The Hall–Kier alpha value is 0.01000. The zero-order valence-corrected chi connectivity index (χ0v) is 9.75. The fourth-order valence-corrected chi connectivity index (χ4v) is 2.24. The molecule has 72 valence electrons. The van der Waals surface area contributed by atoms with E-state index in [0.29, 0.717) is 0 Å². The third-order valence-corrected chi connectivity index (χ3v) is 3.27. The van der Waals surface area contributed by atoms with E-state index in [4.69, 9.17) is 16.3 Å². The van der Waals surface area contributed by atoms with Crippen molar-refractivity contribution in [2.24, 2.45) is 0 Å². The van der Waals surface area contributed by atoms with Crippen LogP contribution in [0.4, 0.5) is 0 Å². The number of hydrogen-bond acceptors (Lipinski definition) is 3. The van der Waals surface area contributed by atoms with Crippen molar-refractivity contribution in [3.8, 4) is 5.75 Å². The lowest BCUT2D eigenvalue weighted by atomic mass is 10.3. The van der Waals surface area contributed by atoms with Crippen molar-refractivity contribution in [2.45, 2.75) is 4.90 Å². The molecule has 0 unspecified atom stereocenters. The molecule has 0 bridgehead atoms. The fourth-order valence-electron chi connectivity index (χ4n) is 0.919. The number of thioether (sulfide) groups is 1. The quantitative estimate of drug-likeness (QED) is 0.632. The van der Waals surface area contributed by atoms with E-state index in [9.17, 15) is 0 Å². The summed E-state index contributed by atoms with van der Waals surface area (Å²) in [5.41, 5.74) is 0. The number of rotatable bonds is 4. The minimum absolute atomic E-state index is 0.738. The van der Waals surface area contributed by atoms with Crippen LogP contribution in [0.2, 0.25) is 5.02 Å². The molecular formula is C9H11ClOS2. The van der Waals surface area contributed by atoms with Crippen LogP contribution < -0.4 is 4.74 Å². The predicted octanol–water partition coefficient (Wildman–Crippen LogP) is 3.37. The maximum absolute atomic E-state index is 5.86. The van der Waals surface area contributed by atoms with Gasteiger partial charge in [-0.3, -0.25) is 0 Å². The number of halogens is 1. The van der Waals surface area contributed by atoms with Gasteiger partial charge in [-0.05, 0) is 24.0 Å². The molecule has 0 heterocycles. The molecule has 0 fully saturated rings. The first-order valence-corrected chi connectivity index (χ1v) is 5.84. The van der Waals surface area contributed by atoms with Crippen LogP contribution in [-0.4, -0.2) is 18.6 Å². The highest BCUT2D eigenvalue weighted by Gasteiger charge is 2.03. The number of thiol groups is 1. The van der Waals surface area contributed by atoms with Crippen LogP contribution in [0.5, 0.6) is 5.75 Å². The van der Waals surface area contributed by atoms with Gasteiger partial charge >= 0.3 is 0 Å². The van der Waals surface area contributed by atoms with E-state index in [-0.39, 0.29) is 0 Å². The average Bonchev–Trinajstić information content (AvgIpc) is 2.15. The lowest BCUT2D eigenvalue weighted by Gasteiger charge is -2.07. The lowest BCUT2D eigenvalue weighted by molar-refractivity contribution is 0.405. The van der Waals surface area contributed by atoms with Gasteiger partial charge < -0.3 is 4.74 Å². The Kier molecular flexibility index (Phi) is 4.84. The second kappa shape index (κ2) is 5.68. The molecule has 0 atom stereocenters. The summed E-state index contributed by atoms with van der Waals surface area (Å²) in [5, 5.41) is 0.738. The van der Waals surface area contributed by atoms with Gasteiger partial charge in [-0.1, -0.05) is 11.6 Å². The van der Waals surface area contributed by atoms with Gasteiger partial charge in [0.15, 0.2) is 0 Å². The summed E-state index contributed by atoms with van der Waals surface area (Å²) in [7, 11) is 1.66. The van der Waals surface area contributed by atoms with Crippen molar-refractivity contribution in [2.75, 3.05) is 18.6 Å². The SMILES string of the molecule is COc1ccc(Cl)cc1SCCS. The summed E-state index contributed by atoms with van der Waals surface area (Å²) in [4.78, 5) is 1.07. The van der Waals surface area contributed by atoms with Gasteiger partial charge in [0.1, 0.15) is 5.75 Å². The van der Waals surface area contributed by atoms with E-state index in [1.54, 1.807) is 18.9 Å². The molecule has 0 spiro atoms. The maximum Gasteiger partial charge on any atom is 0.132 e. The van der Waals surface area contributed by atoms with Crippen molar-refractivity contribution >= 4 is 36.0 Å². The average molecular weight is 235 g/mol. The predicted molar refractivity (Wildman–Crippen MR) is 62.6 cm³/mol. The lowest BCUT2D eigenvalue weighted by Crippen LogP contribution is -1.87. The summed E-state index contributed by atoms with van der Waals surface area (Å²) in [6, 6.07) is 5.61. The number of ether oxygens (including phenoxy) is 1. The molecule has 0 N–H and O–H groups in total. The summed E-state index contributed by atoms with van der Waals surface area (Å²) in [6.45, 7) is 0. The summed E-state index contributed by atoms with van der Waals surface area (Å²) >= 11 is 11.7. The van der Waals surface area contributed by atoms with E-state index >= 15 is 0 Å². The molecule has 0 aliphatic heterocycles. The Morgan fingerprint density at radius 3 is 2.92 bits per heavy atom. The van der Waals surface area contributed by atoms with Gasteiger partial charge in [-0.25, -0.2) is 0 Å². The van der Waals surface area contributed by atoms with Gasteiger partial charge in [-0.2, -0.15) is 12.6 Å². The minimum atomic E-state index is 0.738. The molecule has 1 aromatic carbocycles. The van der Waals surface area contributed by atoms with Crippen LogP contribution in [0.25, 0.3) is 0 Å². The molecule has 0 aromatic heterocycles. The number of benzene rings is 1. The van der Waals surface area contributed by atoms with E-state index in [0.717, 1.165) is 27.2 Å². The molecule has 1 aromatic rings. The van der Waals surface area contributed by atoms with Crippen LogP contribution in [0.1, 0.15) is 0 Å². The smallest absolute Gasteiger partial charge is 0.132 e. The number of hydrogen-bond donors (Lipinski definition) is 1. The van der Waals surface area contributed by atoms with Crippen molar-refractivity contribution in [3.05, 3.63) is 23.2 Å². The largest absolute Gasteiger partial charge is 0.496 e. The van der Waals surface area contributed by atoms with Gasteiger partial charge in [0.2, 0.25) is 0 Å². The highest BCUT2D eigenvalue weighted by Crippen LogP contribution is 2.31. The van der Waals surface area contributed by atoms with Crippen LogP contribution in [0, 0.1) is 0 Å². The van der Waals surface area contributed by atoms with Crippen LogP contribution in [0.3, 0.4) is 0 Å². The van der Waals surface area contributed by atoms with Crippen molar-refractivity contribution in [1.29, 1.82) is 0 Å². The molecular weight excluding hydrogens is 224 g/mol. The topological polar surface area (TPSA) is 9.23 Å². The molecule has 0 aliphatic carbocycles. The van der Waals surface area contributed by atoms with Crippen molar-refractivity contribution in [3.63, 3.8) is 0 Å². The molecule has 0 aliphatic rings. The molecule has 1 rings (SSSR count). The zero-order valence-electron chi connectivity index (χ0n) is 7.29. The monoisotopic (exact) mass is 234 g/mol. The summed E-state index contributed by atoms with van der Waals surface area (Å²) in [5.74, 6) is 2.68. The van der Waals surface area contributed by atoms with Crippen LogP contribution in [0.15, 0.2) is 23.1 Å². The fraction of sp³-hybridized carbons (Fsp3) is 0.333. The zero-order chi connectivity index (χ0) is 9.68. The number of methoxy groups -OCH3 is 1. The summed E-state index contributed by atoms with van der Waals surface area (Å²) < 4.78 is 5.19. The first kappa shape index (κ1) is 11.1. The molecule has 13 heavy (non-hydrogen) atoms. The van der Waals surface area contributed by atoms with E-state index < -0.39 is 0 Å². The van der Waals surface area contributed by atoms with E-state index in [2.05, 4.69) is 12.6 Å². The van der Waals surface area contributed by atoms with Crippen molar-refractivity contribution < 1.29 is 4.74 Å². The van der Waals surface area contributed by atoms with E-state index in [1.165, 1.54) is 0 Å². The van der Waals surface area contributed by atoms with Crippen LogP contribution in [-0.2, 0) is 0 Å². The minimum Gasteiger partial charge on any atom is -0.496 e. The van der Waals surface area contributed by atoms with Gasteiger partial charge in [0.05, 0.1) is 12.0 Å². The second-order valence-electron chi connectivity index (χ2n) is 2.37. The molecule has 0 saturated heterocycles. The normalized spacial score (nSPS) is 10.1. The standard InChI is InChI=1S/C9H11ClOS2/c1-11-8-3-2-7(10)6-9(8)13-5-4-12/h2-3,6,12H,4-5H2,1H3. The third-order valence-electron chi connectivity index (χ3n) is 1.47. The first-order chi connectivity index (χ1) is 6.27. The molecule has 4 heteroatoms. The highest BCUT2D eigenvalue weighted by atomic mass is 35.5.